The van der Waals surface area contributed by atoms with Crippen molar-refractivity contribution in [2.45, 2.75) is 36.5 Å². The Bertz CT molecular complexity index is 289. The summed E-state index contributed by atoms with van der Waals surface area (Å²) in [4.78, 5) is 5.38. The van der Waals surface area contributed by atoms with Crippen molar-refractivity contribution in [3.8, 4) is 0 Å². The third kappa shape index (κ3) is 3.81. The molecule has 1 aromatic heterocycles. The third-order valence-electron chi connectivity index (χ3n) is 2.17. The first-order chi connectivity index (χ1) is 7.17. The first kappa shape index (κ1) is 12.5. The van der Waals surface area contributed by atoms with Crippen molar-refractivity contribution < 1.29 is 5.11 Å². The average molecular weight is 226 g/mol. The molecule has 1 aromatic rings. The monoisotopic (exact) mass is 226 g/mol. The van der Waals surface area contributed by atoms with Crippen LogP contribution in [0.3, 0.4) is 0 Å². The molecule has 0 aliphatic heterocycles. The maximum atomic E-state index is 8.92. The molecular formula is C11H18N2OS. The van der Waals surface area contributed by atoms with Crippen LogP contribution in [0.5, 0.6) is 0 Å². The van der Waals surface area contributed by atoms with Gasteiger partial charge in [0.25, 0.3) is 0 Å². The lowest BCUT2D eigenvalue weighted by atomic mass is 10.1. The number of pyridine rings is 1. The van der Waals surface area contributed by atoms with Crippen LogP contribution < -0.4 is 5.73 Å². The van der Waals surface area contributed by atoms with E-state index in [1.807, 2.05) is 32.2 Å². The van der Waals surface area contributed by atoms with Crippen LogP contribution in [-0.2, 0) is 0 Å². The van der Waals surface area contributed by atoms with E-state index in [1.54, 1.807) is 11.8 Å². The highest BCUT2D eigenvalue weighted by Gasteiger charge is 2.06. The van der Waals surface area contributed by atoms with Crippen LogP contribution in [0.25, 0.3) is 0 Å². The molecule has 0 aromatic carbocycles. The van der Waals surface area contributed by atoms with Crippen molar-refractivity contribution in [1.29, 1.82) is 0 Å². The minimum atomic E-state index is 0.0271. The summed E-state index contributed by atoms with van der Waals surface area (Å²) in [6.45, 7) is 4.21. The SMILES string of the molecule is CC[C@@H](N)c1ccc(SC(C)CO)cn1. The van der Waals surface area contributed by atoms with Gasteiger partial charge in [-0.3, -0.25) is 4.98 Å². The Balaban J connectivity index is 2.64. The fourth-order valence-corrected chi connectivity index (χ4v) is 1.96. The molecule has 0 amide bonds. The van der Waals surface area contributed by atoms with E-state index in [1.165, 1.54) is 0 Å². The van der Waals surface area contributed by atoms with E-state index in [-0.39, 0.29) is 17.9 Å². The summed E-state index contributed by atoms with van der Waals surface area (Å²) in [6, 6.07) is 3.99. The van der Waals surface area contributed by atoms with Crippen LogP contribution in [0.2, 0.25) is 0 Å². The zero-order chi connectivity index (χ0) is 11.3. The number of rotatable bonds is 5. The third-order valence-corrected chi connectivity index (χ3v) is 3.24. The molecule has 0 aliphatic carbocycles. The molecular weight excluding hydrogens is 208 g/mol. The Labute approximate surface area is 95.1 Å². The Morgan fingerprint density at radius 3 is 2.73 bits per heavy atom. The molecule has 1 rings (SSSR count). The molecule has 3 N–H and O–H groups in total. The topological polar surface area (TPSA) is 59.1 Å². The fourth-order valence-electron chi connectivity index (χ4n) is 1.16. The van der Waals surface area contributed by atoms with Gasteiger partial charge in [0.05, 0.1) is 12.3 Å². The highest BCUT2D eigenvalue weighted by atomic mass is 32.2. The molecule has 0 fully saturated rings. The molecule has 0 spiro atoms. The van der Waals surface area contributed by atoms with Gasteiger partial charge in [0.15, 0.2) is 0 Å². The van der Waals surface area contributed by atoms with Gasteiger partial charge in [-0.25, -0.2) is 0 Å². The minimum Gasteiger partial charge on any atom is -0.395 e. The van der Waals surface area contributed by atoms with Crippen molar-refractivity contribution >= 4 is 11.8 Å². The zero-order valence-electron chi connectivity index (χ0n) is 9.18. The molecule has 0 saturated heterocycles. The fraction of sp³-hybridized carbons (Fsp3) is 0.545. The van der Waals surface area contributed by atoms with Crippen molar-refractivity contribution in [3.05, 3.63) is 24.0 Å². The van der Waals surface area contributed by atoms with Gasteiger partial charge in [0.2, 0.25) is 0 Å². The Morgan fingerprint density at radius 1 is 1.53 bits per heavy atom. The van der Waals surface area contributed by atoms with Gasteiger partial charge in [0, 0.05) is 22.4 Å². The number of hydrogen-bond donors (Lipinski definition) is 2. The van der Waals surface area contributed by atoms with Gasteiger partial charge in [-0.05, 0) is 18.6 Å². The number of aromatic nitrogens is 1. The van der Waals surface area contributed by atoms with Crippen molar-refractivity contribution in [2.24, 2.45) is 5.73 Å². The highest BCUT2D eigenvalue weighted by Crippen LogP contribution is 2.23. The van der Waals surface area contributed by atoms with E-state index in [4.69, 9.17) is 10.8 Å². The van der Waals surface area contributed by atoms with E-state index >= 15 is 0 Å². The van der Waals surface area contributed by atoms with E-state index in [0.29, 0.717) is 0 Å². The molecule has 0 radical (unpaired) electrons. The van der Waals surface area contributed by atoms with Gasteiger partial charge < -0.3 is 10.8 Å². The number of nitrogens with two attached hydrogens (primary N) is 1. The molecule has 4 heteroatoms. The van der Waals surface area contributed by atoms with Gasteiger partial charge >= 0.3 is 0 Å². The van der Waals surface area contributed by atoms with E-state index in [9.17, 15) is 0 Å². The molecule has 1 heterocycles. The quantitative estimate of drug-likeness (QED) is 0.754. The Hall–Kier alpha value is -0.580. The highest BCUT2D eigenvalue weighted by molar-refractivity contribution is 8.00. The number of thioether (sulfide) groups is 1. The zero-order valence-corrected chi connectivity index (χ0v) is 10.00. The lowest BCUT2D eigenvalue weighted by Gasteiger charge is -2.10. The van der Waals surface area contributed by atoms with Gasteiger partial charge in [-0.15, -0.1) is 11.8 Å². The van der Waals surface area contributed by atoms with Gasteiger partial charge in [-0.2, -0.15) is 0 Å². The molecule has 0 saturated carbocycles. The molecule has 2 atom stereocenters. The number of aliphatic hydroxyl groups is 1. The standard InChI is InChI=1S/C11H18N2OS/c1-3-10(12)11-5-4-9(6-13-11)15-8(2)7-14/h4-6,8,10,14H,3,7,12H2,1-2H3/t8?,10-/m1/s1. The number of aliphatic hydroxyl groups excluding tert-OH is 1. The minimum absolute atomic E-state index is 0.0271. The van der Waals surface area contributed by atoms with Crippen LogP contribution in [0, 0.1) is 0 Å². The van der Waals surface area contributed by atoms with Crippen LogP contribution in [-0.4, -0.2) is 21.9 Å². The predicted molar refractivity (Wildman–Crippen MR) is 63.9 cm³/mol. The second kappa shape index (κ2) is 6.10. The van der Waals surface area contributed by atoms with Crippen molar-refractivity contribution in [3.63, 3.8) is 0 Å². The van der Waals surface area contributed by atoms with Crippen LogP contribution >= 0.6 is 11.8 Å². The largest absolute Gasteiger partial charge is 0.395 e. The predicted octanol–water partition coefficient (Wildman–Crippen LogP) is 1.96. The number of nitrogens with zero attached hydrogens (tertiary/aromatic N) is 1. The Kier molecular flexibility index (Phi) is 5.08. The van der Waals surface area contributed by atoms with Crippen molar-refractivity contribution in [1.82, 2.24) is 4.98 Å². The molecule has 15 heavy (non-hydrogen) atoms. The summed E-state index contributed by atoms with van der Waals surface area (Å²) < 4.78 is 0. The first-order valence-electron chi connectivity index (χ1n) is 5.16. The van der Waals surface area contributed by atoms with Gasteiger partial charge in [0.1, 0.15) is 0 Å². The first-order valence-corrected chi connectivity index (χ1v) is 6.04. The number of hydrogen-bond acceptors (Lipinski definition) is 4. The van der Waals surface area contributed by atoms with E-state index in [2.05, 4.69) is 4.98 Å². The normalized spacial score (nSPS) is 14.9. The van der Waals surface area contributed by atoms with Crippen LogP contribution in [0.15, 0.2) is 23.2 Å². The van der Waals surface area contributed by atoms with Crippen LogP contribution in [0.1, 0.15) is 32.0 Å². The average Bonchev–Trinajstić information content (AvgIpc) is 2.29. The summed E-state index contributed by atoms with van der Waals surface area (Å²) in [5, 5.41) is 9.12. The second-order valence-electron chi connectivity index (χ2n) is 3.54. The summed E-state index contributed by atoms with van der Waals surface area (Å²) in [5.41, 5.74) is 6.79. The molecule has 3 nitrogen and oxygen atoms in total. The van der Waals surface area contributed by atoms with E-state index < -0.39 is 0 Å². The van der Waals surface area contributed by atoms with Crippen LogP contribution in [0.4, 0.5) is 0 Å². The summed E-state index contributed by atoms with van der Waals surface area (Å²) in [5.74, 6) is 0. The maximum absolute atomic E-state index is 8.92. The molecule has 1 unspecified atom stereocenters. The lowest BCUT2D eigenvalue weighted by Crippen LogP contribution is -2.10. The maximum Gasteiger partial charge on any atom is 0.0571 e. The summed E-state index contributed by atoms with van der Waals surface area (Å²) in [6.07, 6.45) is 2.72. The summed E-state index contributed by atoms with van der Waals surface area (Å²) in [7, 11) is 0. The lowest BCUT2D eigenvalue weighted by molar-refractivity contribution is 0.300. The van der Waals surface area contributed by atoms with Crippen molar-refractivity contribution in [2.75, 3.05) is 6.61 Å². The molecule has 0 aliphatic rings. The van der Waals surface area contributed by atoms with E-state index in [0.717, 1.165) is 17.0 Å². The summed E-state index contributed by atoms with van der Waals surface area (Å²) >= 11 is 1.62. The Morgan fingerprint density at radius 2 is 2.27 bits per heavy atom. The van der Waals surface area contributed by atoms with Gasteiger partial charge in [-0.1, -0.05) is 13.8 Å². The second-order valence-corrected chi connectivity index (χ2v) is 5.06. The smallest absolute Gasteiger partial charge is 0.0571 e. The molecule has 0 bridgehead atoms. The molecule has 84 valence electrons.